The molecule has 0 aromatic heterocycles. The van der Waals surface area contributed by atoms with Crippen molar-refractivity contribution in [1.82, 2.24) is 10.6 Å². The van der Waals surface area contributed by atoms with Crippen LogP contribution in [0.1, 0.15) is 72.1 Å². The average Bonchev–Trinajstić information content (AvgIpc) is 2.91. The Balaban J connectivity index is 1.67. The number of unbranched alkanes of at least 4 members (excludes halogenated alkanes) is 2. The first-order valence-corrected chi connectivity index (χ1v) is 11.5. The van der Waals surface area contributed by atoms with Crippen LogP contribution in [0.3, 0.4) is 0 Å². The zero-order valence-corrected chi connectivity index (χ0v) is 18.6. The first kappa shape index (κ1) is 22.6. The summed E-state index contributed by atoms with van der Waals surface area (Å²) in [6.07, 6.45) is 9.68. The highest BCUT2D eigenvalue weighted by Crippen LogP contribution is 2.37. The standard InChI is InChI=1S/C24H36N2O4/c1-4-5-7-13-30-22-17(3)14-16(2)19-10-11-20(24(28)26-21(19)22)23(27)25-15-18-9-6-8-12-29-18/h11,16,18H,4-10,12-15H2,1-3H3,(H,25,27)(H,26,28). The highest BCUT2D eigenvalue weighted by molar-refractivity contribution is 6.19. The van der Waals surface area contributed by atoms with Gasteiger partial charge in [-0.25, -0.2) is 0 Å². The fourth-order valence-electron chi connectivity index (χ4n) is 4.39. The van der Waals surface area contributed by atoms with Crippen LogP contribution in [0.2, 0.25) is 0 Å². The Morgan fingerprint density at radius 2 is 2.17 bits per heavy atom. The van der Waals surface area contributed by atoms with Gasteiger partial charge >= 0.3 is 0 Å². The van der Waals surface area contributed by atoms with E-state index >= 15 is 0 Å². The van der Waals surface area contributed by atoms with Gasteiger partial charge in [0.05, 0.1) is 18.4 Å². The molecule has 3 rings (SSSR count). The van der Waals surface area contributed by atoms with E-state index in [9.17, 15) is 9.59 Å². The van der Waals surface area contributed by atoms with E-state index in [1.54, 1.807) is 6.08 Å². The predicted octanol–water partition coefficient (Wildman–Crippen LogP) is 3.89. The molecule has 2 aliphatic heterocycles. The molecule has 2 unspecified atom stereocenters. The monoisotopic (exact) mass is 416 g/mol. The van der Waals surface area contributed by atoms with Crippen molar-refractivity contribution in [2.45, 2.75) is 78.2 Å². The number of ether oxygens (including phenoxy) is 2. The number of amides is 2. The van der Waals surface area contributed by atoms with Crippen molar-refractivity contribution in [3.05, 3.63) is 34.3 Å². The maximum absolute atomic E-state index is 12.9. The normalized spacial score (nSPS) is 24.6. The lowest BCUT2D eigenvalue weighted by atomic mass is 9.84. The van der Waals surface area contributed by atoms with Crippen molar-refractivity contribution < 1.29 is 19.1 Å². The molecule has 0 saturated carbocycles. The highest BCUT2D eigenvalue weighted by Gasteiger charge is 2.31. The quantitative estimate of drug-likeness (QED) is 0.465. The molecule has 3 aliphatic rings. The maximum atomic E-state index is 12.9. The van der Waals surface area contributed by atoms with Gasteiger partial charge in [0.1, 0.15) is 11.3 Å². The lowest BCUT2D eigenvalue weighted by Crippen LogP contribution is -2.39. The largest absolute Gasteiger partial charge is 0.491 e. The van der Waals surface area contributed by atoms with Crippen molar-refractivity contribution in [3.63, 3.8) is 0 Å². The fraction of sp³-hybridized carbons (Fsp3) is 0.667. The van der Waals surface area contributed by atoms with E-state index in [1.807, 2.05) is 0 Å². The molecular formula is C24H36N2O4. The van der Waals surface area contributed by atoms with Crippen molar-refractivity contribution in [2.24, 2.45) is 5.92 Å². The van der Waals surface area contributed by atoms with E-state index in [1.165, 1.54) is 0 Å². The van der Waals surface area contributed by atoms with Crippen LogP contribution in [-0.2, 0) is 19.1 Å². The molecule has 0 aromatic carbocycles. The Morgan fingerprint density at radius 1 is 1.33 bits per heavy atom. The van der Waals surface area contributed by atoms with Crippen molar-refractivity contribution >= 4 is 11.8 Å². The molecule has 0 bridgehead atoms. The van der Waals surface area contributed by atoms with E-state index in [0.29, 0.717) is 25.5 Å². The molecule has 0 spiro atoms. The molecule has 1 fully saturated rings. The Bertz CT molecular complexity index is 744. The molecule has 0 aromatic rings. The Labute approximate surface area is 180 Å². The Morgan fingerprint density at radius 3 is 2.90 bits per heavy atom. The minimum atomic E-state index is -0.362. The lowest BCUT2D eigenvalue weighted by Gasteiger charge is -2.28. The van der Waals surface area contributed by atoms with E-state index in [0.717, 1.165) is 74.2 Å². The SMILES string of the molecule is CCCCCOC1=C(C)CC(C)C2=C1NC(=O)C(C(=O)NCC1CCCCO1)=CC2. The van der Waals surface area contributed by atoms with Gasteiger partial charge in [0.15, 0.2) is 0 Å². The first-order chi connectivity index (χ1) is 14.5. The van der Waals surface area contributed by atoms with Gasteiger partial charge in [-0.2, -0.15) is 0 Å². The van der Waals surface area contributed by atoms with Crippen LogP contribution < -0.4 is 10.6 Å². The molecule has 2 N–H and O–H groups in total. The Kier molecular flexibility index (Phi) is 8.14. The molecule has 6 nitrogen and oxygen atoms in total. The molecule has 2 amide bonds. The van der Waals surface area contributed by atoms with Gasteiger partial charge in [0, 0.05) is 13.2 Å². The third-order valence-corrected chi connectivity index (χ3v) is 6.16. The number of rotatable bonds is 8. The first-order valence-electron chi connectivity index (χ1n) is 11.5. The molecule has 2 heterocycles. The predicted molar refractivity (Wildman–Crippen MR) is 116 cm³/mol. The number of hydrogen-bond acceptors (Lipinski definition) is 4. The van der Waals surface area contributed by atoms with Gasteiger partial charge in [-0.15, -0.1) is 0 Å². The van der Waals surface area contributed by atoms with Gasteiger partial charge in [-0.1, -0.05) is 32.8 Å². The Hall–Kier alpha value is -2.08. The molecule has 1 saturated heterocycles. The second kappa shape index (κ2) is 10.8. The van der Waals surface area contributed by atoms with Crippen LogP contribution in [0.25, 0.3) is 0 Å². The summed E-state index contributed by atoms with van der Waals surface area (Å²) in [5.74, 6) is 0.398. The van der Waals surface area contributed by atoms with E-state index in [-0.39, 0.29) is 23.5 Å². The average molecular weight is 417 g/mol. The number of hydrogen-bond donors (Lipinski definition) is 2. The zero-order valence-electron chi connectivity index (χ0n) is 18.6. The van der Waals surface area contributed by atoms with E-state index < -0.39 is 0 Å². The summed E-state index contributed by atoms with van der Waals surface area (Å²) >= 11 is 0. The summed E-state index contributed by atoms with van der Waals surface area (Å²) in [6.45, 7) is 8.22. The summed E-state index contributed by atoms with van der Waals surface area (Å²) in [6, 6.07) is 0. The minimum Gasteiger partial charge on any atom is -0.491 e. The van der Waals surface area contributed by atoms with Crippen molar-refractivity contribution in [3.8, 4) is 0 Å². The van der Waals surface area contributed by atoms with Crippen LogP contribution in [0, 0.1) is 5.92 Å². The smallest absolute Gasteiger partial charge is 0.261 e. The highest BCUT2D eigenvalue weighted by atomic mass is 16.5. The number of nitrogens with one attached hydrogen (secondary N) is 2. The third-order valence-electron chi connectivity index (χ3n) is 6.16. The molecule has 6 heteroatoms. The molecule has 166 valence electrons. The van der Waals surface area contributed by atoms with Crippen LogP contribution in [0.4, 0.5) is 0 Å². The lowest BCUT2D eigenvalue weighted by molar-refractivity contribution is -0.123. The third kappa shape index (κ3) is 5.54. The van der Waals surface area contributed by atoms with Gasteiger partial charge in [-0.05, 0) is 62.5 Å². The van der Waals surface area contributed by atoms with Crippen molar-refractivity contribution in [2.75, 3.05) is 19.8 Å². The summed E-state index contributed by atoms with van der Waals surface area (Å²) in [7, 11) is 0. The molecule has 2 atom stereocenters. The van der Waals surface area contributed by atoms with Crippen molar-refractivity contribution in [1.29, 1.82) is 0 Å². The topological polar surface area (TPSA) is 76.7 Å². The molecule has 0 radical (unpaired) electrons. The van der Waals surface area contributed by atoms with E-state index in [4.69, 9.17) is 9.47 Å². The minimum absolute atomic E-state index is 0.0391. The molecular weight excluding hydrogens is 380 g/mol. The van der Waals surface area contributed by atoms with Crippen LogP contribution in [-0.4, -0.2) is 37.7 Å². The number of allylic oxidation sites excluding steroid dienone is 3. The second-order valence-electron chi connectivity index (χ2n) is 8.65. The second-order valence-corrected chi connectivity index (χ2v) is 8.65. The zero-order chi connectivity index (χ0) is 21.5. The number of carbonyl (C=O) groups is 2. The van der Waals surface area contributed by atoms with Gasteiger partial charge in [-0.3, -0.25) is 9.59 Å². The fourth-order valence-corrected chi connectivity index (χ4v) is 4.39. The summed E-state index contributed by atoms with van der Waals surface area (Å²) in [5, 5.41) is 5.89. The van der Waals surface area contributed by atoms with Gasteiger partial charge in [0.2, 0.25) is 0 Å². The molecule has 1 aliphatic carbocycles. The summed E-state index contributed by atoms with van der Waals surface area (Å²) in [4.78, 5) is 25.6. The molecule has 30 heavy (non-hydrogen) atoms. The van der Waals surface area contributed by atoms with Gasteiger partial charge < -0.3 is 20.1 Å². The number of carbonyl (C=O) groups excluding carboxylic acids is 2. The van der Waals surface area contributed by atoms with Crippen LogP contribution in [0.15, 0.2) is 34.3 Å². The van der Waals surface area contributed by atoms with Gasteiger partial charge in [0.25, 0.3) is 11.8 Å². The summed E-state index contributed by atoms with van der Waals surface area (Å²) < 4.78 is 11.8. The van der Waals surface area contributed by atoms with E-state index in [2.05, 4.69) is 31.4 Å². The van der Waals surface area contributed by atoms with Crippen LogP contribution >= 0.6 is 0 Å². The summed E-state index contributed by atoms with van der Waals surface area (Å²) in [5.41, 5.74) is 3.23. The van der Waals surface area contributed by atoms with Crippen LogP contribution in [0.5, 0.6) is 0 Å². The maximum Gasteiger partial charge on any atom is 0.261 e.